The van der Waals surface area contributed by atoms with Crippen molar-refractivity contribution in [3.05, 3.63) is 60.2 Å². The molecule has 1 N–H and O–H groups in total. The Morgan fingerprint density at radius 1 is 1.24 bits per heavy atom. The van der Waals surface area contributed by atoms with Gasteiger partial charge < -0.3 is 14.8 Å². The third-order valence-corrected chi connectivity index (χ3v) is 6.43. The van der Waals surface area contributed by atoms with E-state index in [1.807, 2.05) is 23.8 Å². The Bertz CT molecular complexity index is 1210. The largest absolute Gasteiger partial charge is 0.416 e. The molecule has 3 aromatic rings. The van der Waals surface area contributed by atoms with Crippen LogP contribution in [0.25, 0.3) is 11.3 Å². The molecule has 2 bridgehead atoms. The normalized spacial score (nSPS) is 17.1. The predicted molar refractivity (Wildman–Crippen MR) is 123 cm³/mol. The van der Waals surface area contributed by atoms with E-state index in [0.29, 0.717) is 23.6 Å². The van der Waals surface area contributed by atoms with Gasteiger partial charge in [-0.1, -0.05) is 12.1 Å². The van der Waals surface area contributed by atoms with Gasteiger partial charge in [0.15, 0.2) is 5.82 Å². The third-order valence-electron chi connectivity index (χ3n) is 6.43. The number of benzene rings is 1. The van der Waals surface area contributed by atoms with E-state index >= 15 is 0 Å². The first-order chi connectivity index (χ1) is 16.3. The molecule has 34 heavy (non-hydrogen) atoms. The molecule has 1 fully saturated rings. The van der Waals surface area contributed by atoms with Gasteiger partial charge in [0.1, 0.15) is 5.82 Å². The average Bonchev–Trinajstić information content (AvgIpc) is 3.43. The molecule has 2 aliphatic rings. The highest BCUT2D eigenvalue weighted by Crippen LogP contribution is 2.40. The lowest BCUT2D eigenvalue weighted by Crippen LogP contribution is -2.51. The highest BCUT2D eigenvalue weighted by Gasteiger charge is 2.40. The van der Waals surface area contributed by atoms with Crippen molar-refractivity contribution in [1.82, 2.24) is 19.9 Å². The number of urea groups is 1. The summed E-state index contributed by atoms with van der Waals surface area (Å²) in [6.45, 7) is 4.71. The van der Waals surface area contributed by atoms with Crippen LogP contribution in [0.5, 0.6) is 0 Å². The molecule has 0 aliphatic carbocycles. The van der Waals surface area contributed by atoms with E-state index in [1.165, 1.54) is 6.07 Å². The van der Waals surface area contributed by atoms with Crippen LogP contribution >= 0.6 is 0 Å². The summed E-state index contributed by atoms with van der Waals surface area (Å²) in [5, 5.41) is 2.99. The Balaban J connectivity index is 1.37. The van der Waals surface area contributed by atoms with Crippen LogP contribution in [0.2, 0.25) is 0 Å². The number of amides is 2. The average molecular weight is 470 g/mol. The number of nitrogens with one attached hydrogen (secondary N) is 1. The molecular formula is C24H25F3N6O. The SMILES string of the molecule is Cc1nccn1CCCNC(=O)N1c2nc(-c3cccc(C(F)(F)F)c3)ccc2N2CC[C@H]1C2. The molecule has 5 rings (SSSR count). The van der Waals surface area contributed by atoms with Crippen LogP contribution in [0.4, 0.5) is 29.5 Å². The number of anilines is 2. The van der Waals surface area contributed by atoms with Gasteiger partial charge >= 0.3 is 12.2 Å². The standard InChI is InChI=1S/C24H25F3N6O/c1-16-28-10-13-31(16)11-3-9-29-23(34)33-19-8-12-32(15-19)21-7-6-20(30-22(21)33)17-4-2-5-18(14-17)24(25,26)27/h2,4-7,10,13-14,19H,3,8-9,11-12,15H2,1H3,(H,29,34)/t19-/m0/s1. The molecule has 0 unspecified atom stereocenters. The zero-order chi connectivity index (χ0) is 23.9. The minimum Gasteiger partial charge on any atom is -0.366 e. The molecule has 0 saturated carbocycles. The van der Waals surface area contributed by atoms with E-state index in [1.54, 1.807) is 23.2 Å². The molecule has 4 heterocycles. The van der Waals surface area contributed by atoms with Gasteiger partial charge in [-0.25, -0.2) is 14.8 Å². The molecular weight excluding hydrogens is 445 g/mol. The monoisotopic (exact) mass is 470 g/mol. The number of halogens is 3. The van der Waals surface area contributed by atoms with Gasteiger partial charge in [0.05, 0.1) is 23.0 Å². The molecule has 1 atom stereocenters. The minimum absolute atomic E-state index is 0.0207. The molecule has 0 spiro atoms. The smallest absolute Gasteiger partial charge is 0.366 e. The molecule has 2 aromatic heterocycles. The number of pyridine rings is 1. The first-order valence-corrected chi connectivity index (χ1v) is 11.3. The second kappa shape index (κ2) is 8.66. The number of rotatable bonds is 5. The number of hydrogen-bond donors (Lipinski definition) is 1. The van der Waals surface area contributed by atoms with Crippen LogP contribution in [0.15, 0.2) is 48.8 Å². The van der Waals surface area contributed by atoms with Gasteiger partial charge in [-0.2, -0.15) is 13.2 Å². The van der Waals surface area contributed by atoms with E-state index in [0.717, 1.165) is 56.1 Å². The first-order valence-electron chi connectivity index (χ1n) is 11.3. The van der Waals surface area contributed by atoms with Crippen molar-refractivity contribution in [2.45, 2.75) is 38.5 Å². The lowest BCUT2D eigenvalue weighted by atomic mass is 10.1. The summed E-state index contributed by atoms with van der Waals surface area (Å²) in [6, 6.07) is 8.42. The van der Waals surface area contributed by atoms with Crippen molar-refractivity contribution in [2.24, 2.45) is 0 Å². The Hall–Kier alpha value is -3.56. The Kier molecular flexibility index (Phi) is 5.66. The number of carbonyl (C=O) groups is 1. The molecule has 178 valence electrons. The number of carbonyl (C=O) groups excluding carboxylic acids is 1. The molecule has 1 aromatic carbocycles. The zero-order valence-electron chi connectivity index (χ0n) is 18.7. The number of hydrogen-bond acceptors (Lipinski definition) is 4. The van der Waals surface area contributed by atoms with Crippen LogP contribution < -0.4 is 15.1 Å². The summed E-state index contributed by atoms with van der Waals surface area (Å²) >= 11 is 0. The van der Waals surface area contributed by atoms with Gasteiger partial charge in [0.25, 0.3) is 0 Å². The molecule has 0 radical (unpaired) electrons. The second-order valence-corrected chi connectivity index (χ2v) is 8.63. The van der Waals surface area contributed by atoms with Crippen LogP contribution in [0.3, 0.4) is 0 Å². The molecule has 2 aliphatic heterocycles. The van der Waals surface area contributed by atoms with Crippen molar-refractivity contribution in [2.75, 3.05) is 29.4 Å². The summed E-state index contributed by atoms with van der Waals surface area (Å²) < 4.78 is 41.6. The number of aryl methyl sites for hydroxylation is 2. The summed E-state index contributed by atoms with van der Waals surface area (Å²) in [5.41, 5.74) is 0.868. The van der Waals surface area contributed by atoms with Crippen molar-refractivity contribution in [3.8, 4) is 11.3 Å². The van der Waals surface area contributed by atoms with Crippen molar-refractivity contribution >= 4 is 17.5 Å². The Labute approximate surface area is 195 Å². The maximum Gasteiger partial charge on any atom is 0.416 e. The third kappa shape index (κ3) is 4.20. The van der Waals surface area contributed by atoms with Crippen LogP contribution in [-0.2, 0) is 12.7 Å². The van der Waals surface area contributed by atoms with Gasteiger partial charge in [-0.05, 0) is 44.0 Å². The van der Waals surface area contributed by atoms with E-state index < -0.39 is 11.7 Å². The van der Waals surface area contributed by atoms with E-state index in [4.69, 9.17) is 0 Å². The number of fused-ring (bicyclic) bond motifs is 4. The maximum absolute atomic E-state index is 13.2. The van der Waals surface area contributed by atoms with Crippen LogP contribution in [0.1, 0.15) is 24.2 Å². The highest BCUT2D eigenvalue weighted by molar-refractivity contribution is 5.97. The number of alkyl halides is 3. The van der Waals surface area contributed by atoms with E-state index in [2.05, 4.69) is 20.2 Å². The molecule has 10 heteroatoms. The van der Waals surface area contributed by atoms with Crippen molar-refractivity contribution < 1.29 is 18.0 Å². The lowest BCUT2D eigenvalue weighted by Gasteiger charge is -2.36. The van der Waals surface area contributed by atoms with E-state index in [-0.39, 0.29) is 12.1 Å². The molecule has 2 amide bonds. The number of imidazole rings is 1. The van der Waals surface area contributed by atoms with Gasteiger partial charge in [-0.3, -0.25) is 4.90 Å². The Morgan fingerprint density at radius 2 is 2.09 bits per heavy atom. The van der Waals surface area contributed by atoms with E-state index in [9.17, 15) is 18.0 Å². The second-order valence-electron chi connectivity index (χ2n) is 8.63. The minimum atomic E-state index is -4.43. The predicted octanol–water partition coefficient (Wildman–Crippen LogP) is 4.47. The van der Waals surface area contributed by atoms with Crippen molar-refractivity contribution in [3.63, 3.8) is 0 Å². The van der Waals surface area contributed by atoms with Gasteiger partial charge in [-0.15, -0.1) is 0 Å². The summed E-state index contributed by atoms with van der Waals surface area (Å²) in [5.74, 6) is 1.42. The fourth-order valence-electron chi connectivity index (χ4n) is 4.66. The Morgan fingerprint density at radius 3 is 2.85 bits per heavy atom. The first kappa shape index (κ1) is 22.2. The number of aromatic nitrogens is 3. The lowest BCUT2D eigenvalue weighted by molar-refractivity contribution is -0.137. The summed E-state index contributed by atoms with van der Waals surface area (Å²) in [7, 11) is 0. The van der Waals surface area contributed by atoms with Gasteiger partial charge in [0, 0.05) is 44.1 Å². The zero-order valence-corrected chi connectivity index (χ0v) is 18.7. The van der Waals surface area contributed by atoms with Crippen LogP contribution in [-0.4, -0.2) is 46.2 Å². The molecule has 7 nitrogen and oxygen atoms in total. The van der Waals surface area contributed by atoms with Gasteiger partial charge in [0.2, 0.25) is 0 Å². The summed E-state index contributed by atoms with van der Waals surface area (Å²) in [4.78, 5) is 25.9. The topological polar surface area (TPSA) is 66.3 Å². The molecule has 1 saturated heterocycles. The maximum atomic E-state index is 13.2. The fourth-order valence-corrected chi connectivity index (χ4v) is 4.66. The summed E-state index contributed by atoms with van der Waals surface area (Å²) in [6.07, 6.45) is 0.785. The highest BCUT2D eigenvalue weighted by atomic mass is 19.4. The fraction of sp³-hybridized carbons (Fsp3) is 0.375. The number of nitrogens with zero attached hydrogens (tertiary/aromatic N) is 5. The van der Waals surface area contributed by atoms with Crippen LogP contribution in [0, 0.1) is 6.92 Å². The van der Waals surface area contributed by atoms with Crippen molar-refractivity contribution in [1.29, 1.82) is 0 Å². The quantitative estimate of drug-likeness (QED) is 0.559.